The highest BCUT2D eigenvalue weighted by Gasteiger charge is 2.31. The molecule has 5 heteroatoms. The molecule has 1 aliphatic rings. The van der Waals surface area contributed by atoms with E-state index in [-0.39, 0.29) is 12.3 Å². The lowest BCUT2D eigenvalue weighted by Crippen LogP contribution is -2.25. The van der Waals surface area contributed by atoms with Crippen LogP contribution in [0.4, 0.5) is 13.2 Å². The summed E-state index contributed by atoms with van der Waals surface area (Å²) in [5, 5.41) is 3.06. The van der Waals surface area contributed by atoms with Crippen molar-refractivity contribution in [3.63, 3.8) is 0 Å². The average Bonchev–Trinajstić information content (AvgIpc) is 3.08. The molecular formula is C13H14F3NO. The number of aryl methyl sites for hydroxylation is 1. The fourth-order valence-electron chi connectivity index (χ4n) is 1.77. The van der Waals surface area contributed by atoms with Gasteiger partial charge >= 0.3 is 6.18 Å². The second-order valence-electron chi connectivity index (χ2n) is 4.61. The third-order valence-electron chi connectivity index (χ3n) is 2.98. The minimum atomic E-state index is -4.36. The topological polar surface area (TPSA) is 29.1 Å². The van der Waals surface area contributed by atoms with E-state index in [1.807, 2.05) is 0 Å². The first-order valence-electron chi connectivity index (χ1n) is 5.82. The van der Waals surface area contributed by atoms with E-state index < -0.39 is 11.7 Å². The zero-order valence-corrected chi connectivity index (χ0v) is 9.97. The molecule has 0 amide bonds. The lowest BCUT2D eigenvalue weighted by atomic mass is 10.0. The second kappa shape index (κ2) is 4.72. The SMILES string of the molecule is Cc1cc(C(F)(F)F)ccc1C(=O)CNC1CC1. The van der Waals surface area contributed by atoms with E-state index >= 15 is 0 Å². The maximum absolute atomic E-state index is 12.5. The number of carbonyl (C=O) groups is 1. The Hall–Kier alpha value is -1.36. The lowest BCUT2D eigenvalue weighted by Gasteiger charge is -2.10. The summed E-state index contributed by atoms with van der Waals surface area (Å²) in [5.41, 5.74) is 0.00951. The molecule has 2 rings (SSSR count). The van der Waals surface area contributed by atoms with Crippen LogP contribution < -0.4 is 5.32 Å². The largest absolute Gasteiger partial charge is 0.416 e. The predicted octanol–water partition coefficient (Wildman–Crippen LogP) is 2.95. The summed E-state index contributed by atoms with van der Waals surface area (Å²) in [6.45, 7) is 1.72. The minimum Gasteiger partial charge on any atom is -0.307 e. The van der Waals surface area contributed by atoms with E-state index in [1.54, 1.807) is 0 Å². The molecule has 0 aliphatic heterocycles. The number of alkyl halides is 3. The smallest absolute Gasteiger partial charge is 0.307 e. The van der Waals surface area contributed by atoms with Crippen LogP contribution in [0.1, 0.15) is 34.3 Å². The molecule has 1 aromatic carbocycles. The highest BCUT2D eigenvalue weighted by atomic mass is 19.4. The Labute approximate surface area is 103 Å². The minimum absolute atomic E-state index is 0.159. The molecular weight excluding hydrogens is 243 g/mol. The Kier molecular flexibility index (Phi) is 3.43. The molecule has 18 heavy (non-hydrogen) atoms. The molecule has 1 N–H and O–H groups in total. The van der Waals surface area contributed by atoms with E-state index in [1.165, 1.54) is 13.0 Å². The molecule has 2 nitrogen and oxygen atoms in total. The van der Waals surface area contributed by atoms with Gasteiger partial charge in [0.25, 0.3) is 0 Å². The van der Waals surface area contributed by atoms with E-state index in [9.17, 15) is 18.0 Å². The number of hydrogen-bond donors (Lipinski definition) is 1. The number of ketones is 1. The zero-order chi connectivity index (χ0) is 13.3. The third kappa shape index (κ3) is 3.10. The fourth-order valence-corrected chi connectivity index (χ4v) is 1.77. The molecule has 0 atom stereocenters. The number of halogens is 3. The summed E-state index contributed by atoms with van der Waals surface area (Å²) >= 11 is 0. The molecule has 1 fully saturated rings. The van der Waals surface area contributed by atoms with E-state index in [0.717, 1.165) is 25.0 Å². The molecule has 1 aliphatic carbocycles. The summed E-state index contributed by atoms with van der Waals surface area (Å²) in [5.74, 6) is -0.159. The number of hydrogen-bond acceptors (Lipinski definition) is 2. The van der Waals surface area contributed by atoms with Crippen LogP contribution in [0.2, 0.25) is 0 Å². The Morgan fingerprint density at radius 2 is 2.06 bits per heavy atom. The van der Waals surface area contributed by atoms with Crippen molar-refractivity contribution in [1.29, 1.82) is 0 Å². The molecule has 0 bridgehead atoms. The van der Waals surface area contributed by atoms with Crippen LogP contribution in [0.25, 0.3) is 0 Å². The van der Waals surface area contributed by atoms with Gasteiger partial charge in [-0.25, -0.2) is 0 Å². The molecule has 0 unspecified atom stereocenters. The predicted molar refractivity (Wildman–Crippen MR) is 61.5 cm³/mol. The van der Waals surface area contributed by atoms with Crippen LogP contribution in [-0.2, 0) is 6.18 Å². The number of rotatable bonds is 4. The van der Waals surface area contributed by atoms with Crippen molar-refractivity contribution in [2.24, 2.45) is 0 Å². The quantitative estimate of drug-likeness (QED) is 0.840. The maximum Gasteiger partial charge on any atom is 0.416 e. The van der Waals surface area contributed by atoms with Crippen LogP contribution >= 0.6 is 0 Å². The van der Waals surface area contributed by atoms with Crippen molar-refractivity contribution in [3.8, 4) is 0 Å². The Morgan fingerprint density at radius 3 is 2.56 bits per heavy atom. The van der Waals surface area contributed by atoms with Gasteiger partial charge in [-0.3, -0.25) is 4.79 Å². The molecule has 98 valence electrons. The van der Waals surface area contributed by atoms with E-state index in [2.05, 4.69) is 5.32 Å². The summed E-state index contributed by atoms with van der Waals surface area (Å²) < 4.78 is 37.4. The van der Waals surface area contributed by atoms with E-state index in [0.29, 0.717) is 17.2 Å². The van der Waals surface area contributed by atoms with Crippen LogP contribution in [0.15, 0.2) is 18.2 Å². The molecule has 0 aromatic heterocycles. The first-order chi connectivity index (χ1) is 8.38. The first kappa shape index (κ1) is 13.1. The van der Waals surface area contributed by atoms with Gasteiger partial charge in [-0.2, -0.15) is 13.2 Å². The number of nitrogens with one attached hydrogen (secondary N) is 1. The van der Waals surface area contributed by atoms with Crippen molar-refractivity contribution in [1.82, 2.24) is 5.32 Å². The van der Waals surface area contributed by atoms with Crippen molar-refractivity contribution < 1.29 is 18.0 Å². The van der Waals surface area contributed by atoms with Crippen LogP contribution in [0, 0.1) is 6.92 Å². The highest BCUT2D eigenvalue weighted by molar-refractivity contribution is 5.99. The third-order valence-corrected chi connectivity index (χ3v) is 2.98. The summed E-state index contributed by atoms with van der Waals surface area (Å²) in [6.07, 6.45) is -2.23. The highest BCUT2D eigenvalue weighted by Crippen LogP contribution is 2.30. The van der Waals surface area contributed by atoms with Crippen LogP contribution in [-0.4, -0.2) is 18.4 Å². The standard InChI is InChI=1S/C13H14F3NO/c1-8-6-9(13(14,15)16)2-5-11(8)12(18)7-17-10-3-4-10/h2,5-6,10,17H,3-4,7H2,1H3. The monoisotopic (exact) mass is 257 g/mol. The van der Waals surface area contributed by atoms with Crippen molar-refractivity contribution >= 4 is 5.78 Å². The fraction of sp³-hybridized carbons (Fsp3) is 0.462. The van der Waals surface area contributed by atoms with Gasteiger partial charge < -0.3 is 5.32 Å². The van der Waals surface area contributed by atoms with Crippen LogP contribution in [0.5, 0.6) is 0 Å². The van der Waals surface area contributed by atoms with Crippen molar-refractivity contribution in [2.45, 2.75) is 32.0 Å². The van der Waals surface area contributed by atoms with Gasteiger partial charge in [-0.05, 0) is 37.5 Å². The van der Waals surface area contributed by atoms with Crippen molar-refractivity contribution in [3.05, 3.63) is 34.9 Å². The molecule has 0 spiro atoms. The van der Waals surface area contributed by atoms with E-state index in [4.69, 9.17) is 0 Å². The zero-order valence-electron chi connectivity index (χ0n) is 9.97. The average molecular weight is 257 g/mol. The molecule has 0 saturated heterocycles. The molecule has 0 radical (unpaired) electrons. The summed E-state index contributed by atoms with van der Waals surface area (Å²) in [4.78, 5) is 11.8. The van der Waals surface area contributed by atoms with Gasteiger partial charge in [0, 0.05) is 11.6 Å². The molecule has 0 heterocycles. The van der Waals surface area contributed by atoms with Gasteiger partial charge in [-0.1, -0.05) is 6.07 Å². The first-order valence-corrected chi connectivity index (χ1v) is 5.82. The number of benzene rings is 1. The number of carbonyl (C=O) groups excluding carboxylic acids is 1. The summed E-state index contributed by atoms with van der Waals surface area (Å²) in [7, 11) is 0. The summed E-state index contributed by atoms with van der Waals surface area (Å²) in [6, 6.07) is 3.64. The van der Waals surface area contributed by atoms with Crippen LogP contribution in [0.3, 0.4) is 0 Å². The van der Waals surface area contributed by atoms with Gasteiger partial charge in [0.2, 0.25) is 0 Å². The Morgan fingerprint density at radius 1 is 1.39 bits per heavy atom. The second-order valence-corrected chi connectivity index (χ2v) is 4.61. The Bertz CT molecular complexity index is 464. The lowest BCUT2D eigenvalue weighted by molar-refractivity contribution is -0.137. The number of Topliss-reactive ketones (excluding diaryl/α,β-unsaturated/α-hetero) is 1. The van der Waals surface area contributed by atoms with Gasteiger partial charge in [0.05, 0.1) is 12.1 Å². The molecule has 1 aromatic rings. The maximum atomic E-state index is 12.5. The van der Waals surface area contributed by atoms with Gasteiger partial charge in [0.1, 0.15) is 0 Å². The van der Waals surface area contributed by atoms with Gasteiger partial charge in [-0.15, -0.1) is 0 Å². The Balaban J connectivity index is 2.10. The molecule has 1 saturated carbocycles. The van der Waals surface area contributed by atoms with Crippen molar-refractivity contribution in [2.75, 3.05) is 6.54 Å². The normalized spacial score (nSPS) is 15.8. The van der Waals surface area contributed by atoms with Gasteiger partial charge in [0.15, 0.2) is 5.78 Å².